The molecule has 0 bridgehead atoms. The summed E-state index contributed by atoms with van der Waals surface area (Å²) in [6.07, 6.45) is 1.45. The van der Waals surface area contributed by atoms with E-state index in [0.29, 0.717) is 22.9 Å². The normalized spacial score (nSPS) is 11.7. The fourth-order valence-corrected chi connectivity index (χ4v) is 2.86. The summed E-state index contributed by atoms with van der Waals surface area (Å²) in [5.41, 5.74) is 4.85. The van der Waals surface area contributed by atoms with E-state index in [1.807, 2.05) is 72.8 Å². The molecule has 3 aromatic carbocycles. The zero-order valence-corrected chi connectivity index (χ0v) is 17.7. The Kier molecular flexibility index (Phi) is 7.79. The largest absolute Gasteiger partial charge is 0.489 e. The Morgan fingerprint density at radius 3 is 2.48 bits per heavy atom. The molecule has 0 radical (unpaired) electrons. The monoisotopic (exact) mass is 435 g/mol. The molecule has 2 N–H and O–H groups in total. The fraction of sp³-hybridized carbons (Fsp3) is 0.125. The highest BCUT2D eigenvalue weighted by molar-refractivity contribution is 6.35. The van der Waals surface area contributed by atoms with E-state index in [1.54, 1.807) is 13.0 Å². The lowest BCUT2D eigenvalue weighted by Crippen LogP contribution is -2.39. The van der Waals surface area contributed by atoms with Crippen molar-refractivity contribution in [2.24, 2.45) is 5.10 Å². The summed E-state index contributed by atoms with van der Waals surface area (Å²) in [4.78, 5) is 24.0. The summed E-state index contributed by atoms with van der Waals surface area (Å²) in [6, 6.07) is 23.7. The van der Waals surface area contributed by atoms with Crippen molar-refractivity contribution in [2.75, 3.05) is 0 Å². The summed E-state index contributed by atoms with van der Waals surface area (Å²) in [5, 5.41) is 7.17. The van der Waals surface area contributed by atoms with Gasteiger partial charge in [0.2, 0.25) is 0 Å². The standard InChI is InChI=1S/C24H22ClN3O3/c1-17(20-7-3-2-4-8-20)27-23(29)24(30)28-26-15-19-6-5-9-22(14-19)31-16-18-10-12-21(25)13-11-18/h2-15,17H,16H2,1H3,(H,27,29)(H,28,30)/b26-15-/t17-/m1/s1. The molecule has 0 spiro atoms. The third-order valence-corrected chi connectivity index (χ3v) is 4.66. The van der Waals surface area contributed by atoms with Crippen LogP contribution in [-0.2, 0) is 16.2 Å². The number of hydrogen-bond donors (Lipinski definition) is 2. The molecule has 158 valence electrons. The maximum absolute atomic E-state index is 12.0. The summed E-state index contributed by atoms with van der Waals surface area (Å²) in [7, 11) is 0. The van der Waals surface area contributed by atoms with Gasteiger partial charge in [0.05, 0.1) is 12.3 Å². The molecular weight excluding hydrogens is 414 g/mol. The van der Waals surface area contributed by atoms with Gasteiger partial charge in [0.25, 0.3) is 0 Å². The predicted octanol–water partition coefficient (Wildman–Crippen LogP) is 4.25. The number of hydrazone groups is 1. The van der Waals surface area contributed by atoms with Crippen molar-refractivity contribution in [3.8, 4) is 5.75 Å². The number of halogens is 1. The van der Waals surface area contributed by atoms with Gasteiger partial charge in [-0.1, -0.05) is 66.2 Å². The van der Waals surface area contributed by atoms with Gasteiger partial charge in [-0.3, -0.25) is 9.59 Å². The van der Waals surface area contributed by atoms with Gasteiger partial charge < -0.3 is 10.1 Å². The van der Waals surface area contributed by atoms with Gasteiger partial charge in [-0.2, -0.15) is 5.10 Å². The minimum atomic E-state index is -0.839. The maximum atomic E-state index is 12.0. The Morgan fingerprint density at radius 2 is 1.74 bits per heavy atom. The first-order valence-corrected chi connectivity index (χ1v) is 10.1. The Balaban J connectivity index is 1.49. The molecule has 1 atom stereocenters. The number of hydrogen-bond acceptors (Lipinski definition) is 4. The third-order valence-electron chi connectivity index (χ3n) is 4.41. The minimum absolute atomic E-state index is 0.294. The van der Waals surface area contributed by atoms with Crippen molar-refractivity contribution < 1.29 is 14.3 Å². The number of nitrogens with zero attached hydrogens (tertiary/aromatic N) is 1. The van der Waals surface area contributed by atoms with Gasteiger partial charge in [0.1, 0.15) is 12.4 Å². The highest BCUT2D eigenvalue weighted by atomic mass is 35.5. The van der Waals surface area contributed by atoms with E-state index in [9.17, 15) is 9.59 Å². The molecule has 0 unspecified atom stereocenters. The van der Waals surface area contributed by atoms with Crippen LogP contribution >= 0.6 is 11.6 Å². The van der Waals surface area contributed by atoms with Crippen LogP contribution < -0.4 is 15.5 Å². The van der Waals surface area contributed by atoms with Gasteiger partial charge in [0, 0.05) is 5.02 Å². The van der Waals surface area contributed by atoms with Crippen LogP contribution in [-0.4, -0.2) is 18.0 Å². The summed E-state index contributed by atoms with van der Waals surface area (Å²) >= 11 is 5.88. The van der Waals surface area contributed by atoms with E-state index < -0.39 is 11.8 Å². The van der Waals surface area contributed by atoms with Crippen LogP contribution in [0.1, 0.15) is 29.7 Å². The average Bonchev–Trinajstić information content (AvgIpc) is 2.79. The SMILES string of the molecule is C[C@@H](NC(=O)C(=O)N/N=C\c1cccc(OCc2ccc(Cl)cc2)c1)c1ccccc1. The van der Waals surface area contributed by atoms with Crippen molar-refractivity contribution in [1.29, 1.82) is 0 Å². The van der Waals surface area contributed by atoms with Crippen LogP contribution in [0.2, 0.25) is 5.02 Å². The zero-order chi connectivity index (χ0) is 22.1. The second kappa shape index (κ2) is 10.9. The van der Waals surface area contributed by atoms with E-state index in [-0.39, 0.29) is 6.04 Å². The summed E-state index contributed by atoms with van der Waals surface area (Å²) < 4.78 is 5.77. The number of carbonyl (C=O) groups is 2. The Labute approximate surface area is 185 Å². The van der Waals surface area contributed by atoms with Crippen molar-refractivity contribution in [1.82, 2.24) is 10.7 Å². The molecule has 31 heavy (non-hydrogen) atoms. The smallest absolute Gasteiger partial charge is 0.329 e. The molecule has 6 nitrogen and oxygen atoms in total. The van der Waals surface area contributed by atoms with Crippen LogP contribution in [0.5, 0.6) is 5.75 Å². The van der Waals surface area contributed by atoms with Crippen LogP contribution in [0.25, 0.3) is 0 Å². The third kappa shape index (κ3) is 6.97. The lowest BCUT2D eigenvalue weighted by molar-refractivity contribution is -0.139. The lowest BCUT2D eigenvalue weighted by Gasteiger charge is -2.13. The number of rotatable bonds is 7. The topological polar surface area (TPSA) is 79.8 Å². The minimum Gasteiger partial charge on any atom is -0.489 e. The number of ether oxygens (including phenoxy) is 1. The predicted molar refractivity (Wildman–Crippen MR) is 121 cm³/mol. The van der Waals surface area contributed by atoms with Crippen molar-refractivity contribution in [3.05, 3.63) is 101 Å². The van der Waals surface area contributed by atoms with Crippen molar-refractivity contribution >= 4 is 29.6 Å². The number of nitrogens with one attached hydrogen (secondary N) is 2. The maximum Gasteiger partial charge on any atom is 0.329 e. The van der Waals surface area contributed by atoms with Crippen LogP contribution in [0.4, 0.5) is 0 Å². The molecule has 0 aliphatic rings. The average molecular weight is 436 g/mol. The second-order valence-corrected chi connectivity index (χ2v) is 7.23. The van der Waals surface area contributed by atoms with E-state index in [4.69, 9.17) is 16.3 Å². The van der Waals surface area contributed by atoms with E-state index in [1.165, 1.54) is 6.21 Å². The highest BCUT2D eigenvalue weighted by Crippen LogP contribution is 2.16. The van der Waals surface area contributed by atoms with Gasteiger partial charge in [-0.25, -0.2) is 5.43 Å². The van der Waals surface area contributed by atoms with Crippen molar-refractivity contribution in [2.45, 2.75) is 19.6 Å². The van der Waals surface area contributed by atoms with Gasteiger partial charge in [-0.15, -0.1) is 0 Å². The first kappa shape index (κ1) is 22.1. The number of benzene rings is 3. The van der Waals surface area contributed by atoms with E-state index in [2.05, 4.69) is 15.8 Å². The van der Waals surface area contributed by atoms with Crippen LogP contribution in [0.15, 0.2) is 84.0 Å². The Hall–Kier alpha value is -3.64. The number of amides is 2. The molecule has 0 aromatic heterocycles. The van der Waals surface area contributed by atoms with Gasteiger partial charge in [-0.05, 0) is 47.9 Å². The Bertz CT molecular complexity index is 1050. The molecule has 0 aliphatic heterocycles. The molecule has 0 saturated carbocycles. The molecule has 2 amide bonds. The van der Waals surface area contributed by atoms with Crippen LogP contribution in [0.3, 0.4) is 0 Å². The van der Waals surface area contributed by atoms with Crippen LogP contribution in [0, 0.1) is 0 Å². The molecular formula is C24H22ClN3O3. The fourth-order valence-electron chi connectivity index (χ4n) is 2.74. The molecule has 0 aliphatic carbocycles. The Morgan fingerprint density at radius 1 is 1.00 bits per heavy atom. The molecule has 3 rings (SSSR count). The first-order valence-electron chi connectivity index (χ1n) is 9.67. The second-order valence-electron chi connectivity index (χ2n) is 6.79. The van der Waals surface area contributed by atoms with Gasteiger partial charge >= 0.3 is 11.8 Å². The molecule has 0 saturated heterocycles. The molecule has 7 heteroatoms. The summed E-state index contributed by atoms with van der Waals surface area (Å²) in [5.74, 6) is -0.942. The lowest BCUT2D eigenvalue weighted by atomic mass is 10.1. The molecule has 0 heterocycles. The summed E-state index contributed by atoms with van der Waals surface area (Å²) in [6.45, 7) is 2.20. The van der Waals surface area contributed by atoms with E-state index >= 15 is 0 Å². The van der Waals surface area contributed by atoms with Crippen molar-refractivity contribution in [3.63, 3.8) is 0 Å². The highest BCUT2D eigenvalue weighted by Gasteiger charge is 2.16. The zero-order valence-electron chi connectivity index (χ0n) is 16.9. The molecule has 0 fully saturated rings. The molecule has 3 aromatic rings. The van der Waals surface area contributed by atoms with E-state index in [0.717, 1.165) is 11.1 Å². The quantitative estimate of drug-likeness (QED) is 0.331. The van der Waals surface area contributed by atoms with Gasteiger partial charge in [0.15, 0.2) is 0 Å². The number of carbonyl (C=O) groups excluding carboxylic acids is 2. The first-order chi connectivity index (χ1) is 15.0.